The number of aromatic nitrogens is 3. The maximum absolute atomic E-state index is 10.4. The molecule has 2 aromatic heterocycles. The van der Waals surface area contributed by atoms with E-state index in [2.05, 4.69) is 10.1 Å². The minimum atomic E-state index is 0.225. The van der Waals surface area contributed by atoms with Gasteiger partial charge in [0.05, 0.1) is 18.0 Å². The van der Waals surface area contributed by atoms with E-state index < -0.39 is 0 Å². The van der Waals surface area contributed by atoms with E-state index in [0.29, 0.717) is 12.2 Å². The molecule has 72 valence electrons. The van der Waals surface area contributed by atoms with Crippen molar-refractivity contribution in [3.05, 3.63) is 23.8 Å². The van der Waals surface area contributed by atoms with Crippen molar-refractivity contribution >= 4 is 6.29 Å². The third-order valence-corrected chi connectivity index (χ3v) is 2.11. The lowest BCUT2D eigenvalue weighted by Crippen LogP contribution is -1.92. The molecule has 0 spiro atoms. The largest absolute Gasteiger partial charge is 0.433 e. The highest BCUT2D eigenvalue weighted by Crippen LogP contribution is 2.21. The first-order chi connectivity index (χ1) is 6.72. The van der Waals surface area contributed by atoms with Crippen molar-refractivity contribution in [2.24, 2.45) is 7.05 Å². The SMILES string of the molecule is Cc1c(-c2ncc(C=O)o2)cnn1C. The molecule has 0 unspecified atom stereocenters. The molecule has 0 aromatic carbocycles. The van der Waals surface area contributed by atoms with Crippen LogP contribution in [0.15, 0.2) is 16.8 Å². The molecule has 5 nitrogen and oxygen atoms in total. The Hall–Kier alpha value is -1.91. The lowest BCUT2D eigenvalue weighted by Gasteiger charge is -1.94. The number of carbonyl (C=O) groups excluding carboxylic acids is 1. The second-order valence-corrected chi connectivity index (χ2v) is 2.95. The molecule has 0 saturated carbocycles. The summed E-state index contributed by atoms with van der Waals surface area (Å²) in [7, 11) is 1.84. The Bertz CT molecular complexity index is 470. The number of carbonyl (C=O) groups is 1. The van der Waals surface area contributed by atoms with E-state index in [4.69, 9.17) is 4.42 Å². The van der Waals surface area contributed by atoms with Crippen molar-refractivity contribution in [2.75, 3.05) is 0 Å². The standard InChI is InChI=1S/C9H9N3O2/c1-6-8(4-11-12(6)2)9-10-3-7(5-13)14-9/h3-5H,1-2H3. The van der Waals surface area contributed by atoms with Gasteiger partial charge in [-0.2, -0.15) is 5.10 Å². The minimum absolute atomic E-state index is 0.225. The molecule has 0 N–H and O–H groups in total. The Morgan fingerprint density at radius 2 is 2.29 bits per heavy atom. The highest BCUT2D eigenvalue weighted by atomic mass is 16.4. The number of nitrogens with zero attached hydrogens (tertiary/aromatic N) is 3. The summed E-state index contributed by atoms with van der Waals surface area (Å²) in [5.74, 6) is 0.654. The Balaban J connectivity index is 2.49. The summed E-state index contributed by atoms with van der Waals surface area (Å²) in [6.07, 6.45) is 3.69. The van der Waals surface area contributed by atoms with Gasteiger partial charge in [0.2, 0.25) is 5.89 Å². The number of oxazole rings is 1. The van der Waals surface area contributed by atoms with Crippen LogP contribution in [0.1, 0.15) is 16.2 Å². The van der Waals surface area contributed by atoms with E-state index in [9.17, 15) is 4.79 Å². The average Bonchev–Trinajstić information content (AvgIpc) is 2.75. The summed E-state index contributed by atoms with van der Waals surface area (Å²) in [4.78, 5) is 14.4. The van der Waals surface area contributed by atoms with Crippen LogP contribution < -0.4 is 0 Å². The first-order valence-electron chi connectivity index (χ1n) is 4.12. The highest BCUT2D eigenvalue weighted by Gasteiger charge is 2.11. The third-order valence-electron chi connectivity index (χ3n) is 2.11. The summed E-state index contributed by atoms with van der Waals surface area (Å²) in [6, 6.07) is 0. The Morgan fingerprint density at radius 1 is 1.50 bits per heavy atom. The van der Waals surface area contributed by atoms with Crippen molar-refractivity contribution in [1.29, 1.82) is 0 Å². The van der Waals surface area contributed by atoms with Gasteiger partial charge in [0, 0.05) is 12.7 Å². The number of hydrogen-bond acceptors (Lipinski definition) is 4. The van der Waals surface area contributed by atoms with Gasteiger partial charge in [0.15, 0.2) is 12.0 Å². The highest BCUT2D eigenvalue weighted by molar-refractivity contribution is 5.71. The molecule has 2 rings (SSSR count). The Morgan fingerprint density at radius 3 is 2.79 bits per heavy atom. The van der Waals surface area contributed by atoms with Crippen LogP contribution in [0.2, 0.25) is 0 Å². The monoisotopic (exact) mass is 191 g/mol. The molecular weight excluding hydrogens is 182 g/mol. The predicted octanol–water partition coefficient (Wildman–Crippen LogP) is 1.20. The van der Waals surface area contributed by atoms with Crippen LogP contribution in [-0.2, 0) is 7.05 Å². The molecule has 2 heterocycles. The van der Waals surface area contributed by atoms with Gasteiger partial charge in [-0.25, -0.2) is 4.98 Å². The van der Waals surface area contributed by atoms with Crippen molar-refractivity contribution in [2.45, 2.75) is 6.92 Å². The molecule has 0 aliphatic heterocycles. The van der Waals surface area contributed by atoms with Crippen LogP contribution in [0.3, 0.4) is 0 Å². The van der Waals surface area contributed by atoms with Crippen molar-refractivity contribution in [1.82, 2.24) is 14.8 Å². The maximum Gasteiger partial charge on any atom is 0.230 e. The maximum atomic E-state index is 10.4. The quantitative estimate of drug-likeness (QED) is 0.669. The molecular formula is C9H9N3O2. The van der Waals surface area contributed by atoms with E-state index in [0.717, 1.165) is 11.3 Å². The van der Waals surface area contributed by atoms with Gasteiger partial charge < -0.3 is 4.42 Å². The van der Waals surface area contributed by atoms with E-state index in [-0.39, 0.29) is 5.76 Å². The molecule has 5 heteroatoms. The molecule has 0 fully saturated rings. The number of aldehydes is 1. The Labute approximate surface area is 80.4 Å². The molecule has 0 aliphatic rings. The topological polar surface area (TPSA) is 60.9 Å². The summed E-state index contributed by atoms with van der Waals surface area (Å²) in [5.41, 5.74) is 1.75. The minimum Gasteiger partial charge on any atom is -0.433 e. The molecule has 2 aromatic rings. The van der Waals surface area contributed by atoms with Crippen LogP contribution in [-0.4, -0.2) is 21.1 Å². The lowest BCUT2D eigenvalue weighted by molar-refractivity contribution is 0.110. The van der Waals surface area contributed by atoms with Crippen molar-refractivity contribution < 1.29 is 9.21 Å². The smallest absolute Gasteiger partial charge is 0.230 e. The summed E-state index contributed by atoms with van der Waals surface area (Å²) >= 11 is 0. The van der Waals surface area contributed by atoms with Gasteiger partial charge in [-0.1, -0.05) is 0 Å². The molecule has 0 atom stereocenters. The lowest BCUT2D eigenvalue weighted by atomic mass is 10.3. The first kappa shape index (κ1) is 8.68. The van der Waals surface area contributed by atoms with Gasteiger partial charge in [-0.15, -0.1) is 0 Å². The van der Waals surface area contributed by atoms with Crippen molar-refractivity contribution in [3.8, 4) is 11.5 Å². The molecule has 0 radical (unpaired) electrons. The van der Waals surface area contributed by atoms with E-state index in [1.165, 1.54) is 6.20 Å². The third kappa shape index (κ3) is 1.22. The molecule has 14 heavy (non-hydrogen) atoms. The molecule has 0 aliphatic carbocycles. The van der Waals surface area contributed by atoms with Gasteiger partial charge in [0.25, 0.3) is 0 Å². The van der Waals surface area contributed by atoms with Crippen LogP contribution >= 0.6 is 0 Å². The van der Waals surface area contributed by atoms with Gasteiger partial charge in [0.1, 0.15) is 0 Å². The fraction of sp³-hybridized carbons (Fsp3) is 0.222. The van der Waals surface area contributed by atoms with Crippen LogP contribution in [0.25, 0.3) is 11.5 Å². The number of hydrogen-bond donors (Lipinski definition) is 0. The average molecular weight is 191 g/mol. The normalized spacial score (nSPS) is 10.4. The van der Waals surface area contributed by atoms with Crippen LogP contribution in [0.4, 0.5) is 0 Å². The summed E-state index contributed by atoms with van der Waals surface area (Å²) in [5, 5.41) is 4.06. The van der Waals surface area contributed by atoms with Gasteiger partial charge in [-0.3, -0.25) is 9.48 Å². The van der Waals surface area contributed by atoms with Crippen LogP contribution in [0.5, 0.6) is 0 Å². The Kier molecular flexibility index (Phi) is 1.92. The fourth-order valence-corrected chi connectivity index (χ4v) is 1.17. The second kappa shape index (κ2) is 3.10. The zero-order valence-electron chi connectivity index (χ0n) is 7.89. The zero-order chi connectivity index (χ0) is 10.1. The first-order valence-corrected chi connectivity index (χ1v) is 4.12. The van der Waals surface area contributed by atoms with Crippen LogP contribution in [0, 0.1) is 6.92 Å². The predicted molar refractivity (Wildman–Crippen MR) is 48.8 cm³/mol. The van der Waals surface area contributed by atoms with E-state index in [1.54, 1.807) is 10.9 Å². The van der Waals surface area contributed by atoms with Gasteiger partial charge >= 0.3 is 0 Å². The summed E-state index contributed by atoms with van der Waals surface area (Å²) in [6.45, 7) is 1.91. The number of aryl methyl sites for hydroxylation is 1. The zero-order valence-corrected chi connectivity index (χ0v) is 7.89. The second-order valence-electron chi connectivity index (χ2n) is 2.95. The molecule has 0 bridgehead atoms. The van der Waals surface area contributed by atoms with Gasteiger partial charge in [-0.05, 0) is 6.92 Å². The fourth-order valence-electron chi connectivity index (χ4n) is 1.17. The molecule has 0 amide bonds. The van der Waals surface area contributed by atoms with Crippen molar-refractivity contribution in [3.63, 3.8) is 0 Å². The molecule has 0 saturated heterocycles. The number of rotatable bonds is 2. The van der Waals surface area contributed by atoms with E-state index in [1.807, 2.05) is 14.0 Å². The summed E-state index contributed by atoms with van der Waals surface area (Å²) < 4.78 is 6.90. The van der Waals surface area contributed by atoms with E-state index >= 15 is 0 Å².